The highest BCUT2D eigenvalue weighted by Crippen LogP contribution is 2.07. The molecule has 0 aliphatic heterocycles. The van der Waals surface area contributed by atoms with E-state index in [1.807, 2.05) is 30.3 Å². The van der Waals surface area contributed by atoms with Gasteiger partial charge in [-0.15, -0.1) is 0 Å². The number of sulfonamides is 1. The first-order valence-electron chi connectivity index (χ1n) is 7.78. The number of nitrogens with one attached hydrogen (secondary N) is 1. The molecular formula is C17H23NO5S2. The molecule has 0 aliphatic carbocycles. The molecule has 0 aromatic heterocycles. The molecule has 0 heterocycles. The summed E-state index contributed by atoms with van der Waals surface area (Å²) in [4.78, 5) is 0.304. The first kappa shape index (κ1) is 21.3. The molecule has 8 heteroatoms. The van der Waals surface area contributed by atoms with E-state index in [4.69, 9.17) is 4.55 Å². The molecule has 0 atom stereocenters. The van der Waals surface area contributed by atoms with Crippen molar-refractivity contribution in [2.45, 2.75) is 24.7 Å². The van der Waals surface area contributed by atoms with Crippen molar-refractivity contribution in [1.82, 2.24) is 4.72 Å². The molecule has 0 radical (unpaired) electrons. The fraction of sp³-hybridized carbons (Fsp3) is 0.294. The molecular weight excluding hydrogens is 362 g/mol. The summed E-state index contributed by atoms with van der Waals surface area (Å²) in [6.07, 6.45) is 1.16. The quantitative estimate of drug-likeness (QED) is 0.713. The van der Waals surface area contributed by atoms with Gasteiger partial charge in [0, 0.05) is 6.54 Å². The zero-order valence-corrected chi connectivity index (χ0v) is 15.6. The molecule has 138 valence electrons. The van der Waals surface area contributed by atoms with Crippen LogP contribution in [0.4, 0.5) is 0 Å². The van der Waals surface area contributed by atoms with Crippen molar-refractivity contribution in [3.05, 3.63) is 66.2 Å². The summed E-state index contributed by atoms with van der Waals surface area (Å²) in [6.45, 7) is 2.09. The maximum absolute atomic E-state index is 11.9. The summed E-state index contributed by atoms with van der Waals surface area (Å²) in [5.74, 6) is -0.132. The molecule has 2 aromatic rings. The molecule has 25 heavy (non-hydrogen) atoms. The molecule has 0 spiro atoms. The summed E-state index contributed by atoms with van der Waals surface area (Å²) in [6, 6.07) is 18.2. The molecule has 0 aliphatic rings. The fourth-order valence-corrected chi connectivity index (χ4v) is 3.48. The van der Waals surface area contributed by atoms with Gasteiger partial charge in [-0.05, 0) is 30.5 Å². The Morgan fingerprint density at radius 2 is 1.40 bits per heavy atom. The van der Waals surface area contributed by atoms with E-state index in [9.17, 15) is 16.8 Å². The number of hydrogen-bond acceptors (Lipinski definition) is 4. The number of hydrogen-bond donors (Lipinski definition) is 2. The van der Waals surface area contributed by atoms with Gasteiger partial charge < -0.3 is 0 Å². The van der Waals surface area contributed by atoms with Crippen LogP contribution in [0, 0.1) is 0 Å². The highest BCUT2D eigenvalue weighted by atomic mass is 32.2. The summed E-state index contributed by atoms with van der Waals surface area (Å²) in [5.41, 5.74) is 1.12. The largest absolute Gasteiger partial charge is 0.286 e. The Labute approximate surface area is 149 Å². The van der Waals surface area contributed by atoms with Gasteiger partial charge in [0.1, 0.15) is 0 Å². The molecule has 0 saturated heterocycles. The third-order valence-corrected chi connectivity index (χ3v) is 5.47. The maximum Gasteiger partial charge on any atom is 0.264 e. The molecule has 2 rings (SSSR count). The van der Waals surface area contributed by atoms with Crippen molar-refractivity contribution in [2.24, 2.45) is 0 Å². The minimum Gasteiger partial charge on any atom is -0.286 e. The Morgan fingerprint density at radius 3 is 1.84 bits per heavy atom. The molecule has 2 N–H and O–H groups in total. The van der Waals surface area contributed by atoms with E-state index in [0.717, 1.165) is 5.56 Å². The number of benzene rings is 2. The molecule has 6 nitrogen and oxygen atoms in total. The third kappa shape index (κ3) is 9.35. The first-order chi connectivity index (χ1) is 11.7. The lowest BCUT2D eigenvalue weighted by Gasteiger charge is -2.06. The SMILES string of the molecule is CCCS(=O)(=O)O.O=S(=O)(NCCc1ccccc1)c1ccccc1. The Balaban J connectivity index is 0.000000381. The van der Waals surface area contributed by atoms with Crippen LogP contribution in [0.5, 0.6) is 0 Å². The highest BCUT2D eigenvalue weighted by Gasteiger charge is 2.11. The zero-order valence-electron chi connectivity index (χ0n) is 14.0. The van der Waals surface area contributed by atoms with Gasteiger partial charge in [-0.1, -0.05) is 55.5 Å². The second kappa shape index (κ2) is 10.3. The minimum atomic E-state index is -3.67. The van der Waals surface area contributed by atoms with Gasteiger partial charge >= 0.3 is 0 Å². The van der Waals surface area contributed by atoms with Crippen molar-refractivity contribution in [3.8, 4) is 0 Å². The van der Waals surface area contributed by atoms with Crippen LogP contribution in [0.3, 0.4) is 0 Å². The van der Waals surface area contributed by atoms with E-state index in [1.54, 1.807) is 37.3 Å². The van der Waals surface area contributed by atoms with Crippen molar-refractivity contribution in [1.29, 1.82) is 0 Å². The van der Waals surface area contributed by atoms with Crippen LogP contribution in [0.25, 0.3) is 0 Å². The Morgan fingerprint density at radius 1 is 0.880 bits per heavy atom. The smallest absolute Gasteiger partial charge is 0.264 e. The zero-order chi connectivity index (χ0) is 18.8. The van der Waals surface area contributed by atoms with Crippen molar-refractivity contribution in [3.63, 3.8) is 0 Å². The molecule has 2 aromatic carbocycles. The van der Waals surface area contributed by atoms with Gasteiger partial charge in [-0.3, -0.25) is 4.55 Å². The van der Waals surface area contributed by atoms with Gasteiger partial charge in [0.2, 0.25) is 10.0 Å². The van der Waals surface area contributed by atoms with Gasteiger partial charge in [-0.2, -0.15) is 8.42 Å². The van der Waals surface area contributed by atoms with E-state index in [0.29, 0.717) is 24.3 Å². The summed E-state index contributed by atoms with van der Waals surface area (Å²) >= 11 is 0. The average Bonchev–Trinajstić information content (AvgIpc) is 2.56. The Hall–Kier alpha value is -1.74. The summed E-state index contributed by atoms with van der Waals surface area (Å²) in [7, 11) is -7.05. The van der Waals surface area contributed by atoms with Gasteiger partial charge in [-0.25, -0.2) is 13.1 Å². The second-order valence-electron chi connectivity index (χ2n) is 5.23. The van der Waals surface area contributed by atoms with Crippen molar-refractivity contribution in [2.75, 3.05) is 12.3 Å². The van der Waals surface area contributed by atoms with Crippen molar-refractivity contribution < 1.29 is 21.4 Å². The Bertz CT molecular complexity index is 820. The lowest BCUT2D eigenvalue weighted by atomic mass is 10.2. The normalized spacial score (nSPS) is 11.4. The fourth-order valence-electron chi connectivity index (χ4n) is 1.92. The van der Waals surface area contributed by atoms with E-state index in [-0.39, 0.29) is 5.75 Å². The number of rotatable bonds is 7. The lowest BCUT2D eigenvalue weighted by Crippen LogP contribution is -2.25. The maximum atomic E-state index is 11.9. The van der Waals surface area contributed by atoms with Crippen LogP contribution in [0.1, 0.15) is 18.9 Å². The summed E-state index contributed by atoms with van der Waals surface area (Å²) in [5, 5.41) is 0. The van der Waals surface area contributed by atoms with E-state index < -0.39 is 20.1 Å². The molecule has 0 saturated carbocycles. The van der Waals surface area contributed by atoms with Crippen LogP contribution >= 0.6 is 0 Å². The second-order valence-corrected chi connectivity index (χ2v) is 8.57. The molecule has 0 unspecified atom stereocenters. The van der Waals surface area contributed by atoms with Crippen LogP contribution in [-0.2, 0) is 26.6 Å². The standard InChI is InChI=1S/C14H15NO2S.C3H8O3S/c16-18(17,14-9-5-2-6-10-14)15-12-11-13-7-3-1-4-8-13;1-2-3-7(4,5)6/h1-10,15H,11-12H2;2-3H2,1H3,(H,4,5,6). The van der Waals surface area contributed by atoms with Gasteiger partial charge in [0.05, 0.1) is 10.6 Å². The van der Waals surface area contributed by atoms with Crippen molar-refractivity contribution >= 4 is 20.1 Å². The van der Waals surface area contributed by atoms with Crippen LogP contribution in [-0.4, -0.2) is 33.7 Å². The van der Waals surface area contributed by atoms with E-state index >= 15 is 0 Å². The predicted molar refractivity (Wildman–Crippen MR) is 98.5 cm³/mol. The van der Waals surface area contributed by atoms with E-state index in [1.165, 1.54) is 0 Å². The minimum absolute atomic E-state index is 0.132. The van der Waals surface area contributed by atoms with Gasteiger partial charge in [0.25, 0.3) is 10.1 Å². The Kier molecular flexibility index (Phi) is 8.77. The topological polar surface area (TPSA) is 101 Å². The molecule has 0 fully saturated rings. The molecule has 0 amide bonds. The van der Waals surface area contributed by atoms with Crippen LogP contribution < -0.4 is 4.72 Å². The predicted octanol–water partition coefficient (Wildman–Crippen LogP) is 2.49. The highest BCUT2D eigenvalue weighted by molar-refractivity contribution is 7.89. The van der Waals surface area contributed by atoms with Crippen LogP contribution in [0.15, 0.2) is 65.6 Å². The van der Waals surface area contributed by atoms with E-state index in [2.05, 4.69) is 4.72 Å². The van der Waals surface area contributed by atoms with Crippen LogP contribution in [0.2, 0.25) is 0 Å². The third-order valence-electron chi connectivity index (χ3n) is 3.06. The monoisotopic (exact) mass is 385 g/mol. The average molecular weight is 386 g/mol. The van der Waals surface area contributed by atoms with Gasteiger partial charge in [0.15, 0.2) is 0 Å². The summed E-state index contributed by atoms with van der Waals surface area (Å²) < 4.78 is 54.0. The molecule has 0 bridgehead atoms. The first-order valence-corrected chi connectivity index (χ1v) is 10.9. The lowest BCUT2D eigenvalue weighted by molar-refractivity contribution is 0.482.